The molecule has 8 heteroatoms. The number of carbonyl (C=O) groups is 2. The molecule has 0 aliphatic carbocycles. The second kappa shape index (κ2) is 7.39. The van der Waals surface area contributed by atoms with Crippen LogP contribution in [-0.2, 0) is 22.5 Å². The van der Waals surface area contributed by atoms with Crippen LogP contribution in [0.3, 0.4) is 0 Å². The van der Waals surface area contributed by atoms with Gasteiger partial charge >= 0.3 is 0 Å². The predicted octanol–water partition coefficient (Wildman–Crippen LogP) is 0.106. The highest BCUT2D eigenvalue weighted by atomic mass is 32.1. The fourth-order valence-corrected chi connectivity index (χ4v) is 4.42. The molecule has 2 aliphatic rings. The highest BCUT2D eigenvalue weighted by molar-refractivity contribution is 7.16. The van der Waals surface area contributed by atoms with E-state index in [9.17, 15) is 9.59 Å². The van der Waals surface area contributed by atoms with Crippen LogP contribution in [0.15, 0.2) is 0 Å². The molecule has 3 rings (SSSR count). The van der Waals surface area contributed by atoms with E-state index in [0.717, 1.165) is 69.3 Å². The van der Waals surface area contributed by atoms with E-state index in [2.05, 4.69) is 15.1 Å². The maximum absolute atomic E-state index is 11.7. The van der Waals surface area contributed by atoms with Crippen molar-refractivity contribution in [1.29, 1.82) is 0 Å². The van der Waals surface area contributed by atoms with Crippen LogP contribution < -0.4 is 11.1 Å². The Bertz CT molecular complexity index is 584. The zero-order chi connectivity index (χ0) is 16.2. The summed E-state index contributed by atoms with van der Waals surface area (Å²) >= 11 is 1.46. The highest BCUT2D eigenvalue weighted by Gasteiger charge is 2.27. The van der Waals surface area contributed by atoms with Crippen LogP contribution >= 0.6 is 11.3 Å². The van der Waals surface area contributed by atoms with E-state index in [1.807, 2.05) is 0 Å². The maximum atomic E-state index is 11.7. The fraction of sp³-hybridized carbons (Fsp3) is 0.600. The lowest BCUT2D eigenvalue weighted by Crippen LogP contribution is -2.42. The molecule has 3 N–H and O–H groups in total. The molecule has 1 fully saturated rings. The Morgan fingerprint density at radius 2 is 2.00 bits per heavy atom. The highest BCUT2D eigenvalue weighted by Crippen LogP contribution is 2.36. The van der Waals surface area contributed by atoms with Gasteiger partial charge < -0.3 is 15.8 Å². The summed E-state index contributed by atoms with van der Waals surface area (Å²) in [4.78, 5) is 28.4. The molecule has 0 atom stereocenters. The van der Waals surface area contributed by atoms with Crippen molar-refractivity contribution >= 4 is 28.7 Å². The van der Waals surface area contributed by atoms with Crippen molar-refractivity contribution in [2.24, 2.45) is 5.73 Å². The third-order valence-electron chi connectivity index (χ3n) is 4.41. The quantitative estimate of drug-likeness (QED) is 0.719. The molecule has 1 aromatic rings. The normalized spacial score (nSPS) is 19.3. The summed E-state index contributed by atoms with van der Waals surface area (Å²) in [6.07, 6.45) is 1.40. The Kier molecular flexibility index (Phi) is 5.27. The van der Waals surface area contributed by atoms with Gasteiger partial charge in [0.2, 0.25) is 6.41 Å². The van der Waals surface area contributed by atoms with Crippen molar-refractivity contribution < 1.29 is 14.3 Å². The monoisotopic (exact) mass is 338 g/mol. The standard InChI is InChI=1S/C15H22N4O3S/c16-14(21)13-11-1-2-19(4-3-18-5-7-22-8-6-18)9-12(11)23-15(13)17-10-20/h10H,1-9H2,(H2,16,21)(H,17,20). The minimum atomic E-state index is -0.464. The number of hydrogen-bond acceptors (Lipinski definition) is 6. The first-order valence-electron chi connectivity index (χ1n) is 7.86. The van der Waals surface area contributed by atoms with Crippen molar-refractivity contribution in [2.45, 2.75) is 13.0 Å². The van der Waals surface area contributed by atoms with Gasteiger partial charge in [0.15, 0.2) is 0 Å². The summed E-state index contributed by atoms with van der Waals surface area (Å²) in [5.41, 5.74) is 6.98. The van der Waals surface area contributed by atoms with E-state index >= 15 is 0 Å². The Morgan fingerprint density at radius 1 is 1.26 bits per heavy atom. The third kappa shape index (κ3) is 3.72. The minimum absolute atomic E-state index is 0.464. The molecule has 0 saturated carbocycles. The van der Waals surface area contributed by atoms with Crippen molar-refractivity contribution in [3.63, 3.8) is 0 Å². The van der Waals surface area contributed by atoms with Crippen LogP contribution in [0, 0.1) is 0 Å². The van der Waals surface area contributed by atoms with Gasteiger partial charge in [-0.2, -0.15) is 0 Å². The lowest BCUT2D eigenvalue weighted by atomic mass is 10.0. The average Bonchev–Trinajstić information content (AvgIpc) is 2.91. The number of primary amides is 1. The molecule has 0 bridgehead atoms. The summed E-state index contributed by atoms with van der Waals surface area (Å²) in [6.45, 7) is 7.39. The van der Waals surface area contributed by atoms with E-state index in [0.29, 0.717) is 17.0 Å². The lowest BCUT2D eigenvalue weighted by Gasteiger charge is -2.31. The smallest absolute Gasteiger partial charge is 0.251 e. The van der Waals surface area contributed by atoms with Gasteiger partial charge in [-0.1, -0.05) is 0 Å². The lowest BCUT2D eigenvalue weighted by molar-refractivity contribution is -0.105. The van der Waals surface area contributed by atoms with Gasteiger partial charge in [0.05, 0.1) is 18.8 Å². The summed E-state index contributed by atoms with van der Waals surface area (Å²) in [5.74, 6) is -0.464. The Balaban J connectivity index is 1.64. The number of carbonyl (C=O) groups excluding carboxylic acids is 2. The first kappa shape index (κ1) is 16.4. The van der Waals surface area contributed by atoms with E-state index in [4.69, 9.17) is 10.5 Å². The Hall–Kier alpha value is -1.48. The van der Waals surface area contributed by atoms with Crippen LogP contribution in [-0.4, -0.2) is 68.1 Å². The molecule has 0 aromatic carbocycles. The van der Waals surface area contributed by atoms with Crippen molar-refractivity contribution in [3.05, 3.63) is 16.0 Å². The molecule has 3 heterocycles. The zero-order valence-electron chi connectivity index (χ0n) is 13.0. The summed E-state index contributed by atoms with van der Waals surface area (Å²) < 4.78 is 5.37. The molecule has 23 heavy (non-hydrogen) atoms. The topological polar surface area (TPSA) is 87.9 Å². The molecule has 0 unspecified atom stereocenters. The predicted molar refractivity (Wildman–Crippen MR) is 88.8 cm³/mol. The van der Waals surface area contributed by atoms with Crippen LogP contribution in [0.5, 0.6) is 0 Å². The Labute approximate surface area is 139 Å². The molecular weight excluding hydrogens is 316 g/mol. The Morgan fingerprint density at radius 3 is 2.70 bits per heavy atom. The van der Waals surface area contributed by atoms with Gasteiger partial charge in [0.25, 0.3) is 5.91 Å². The summed E-state index contributed by atoms with van der Waals surface area (Å²) in [6, 6.07) is 0. The number of anilines is 1. The number of fused-ring (bicyclic) bond motifs is 1. The number of nitrogens with zero attached hydrogens (tertiary/aromatic N) is 2. The van der Waals surface area contributed by atoms with Crippen LogP contribution in [0.25, 0.3) is 0 Å². The molecule has 1 saturated heterocycles. The van der Waals surface area contributed by atoms with Crippen LogP contribution in [0.1, 0.15) is 20.8 Å². The molecule has 0 spiro atoms. The van der Waals surface area contributed by atoms with Gasteiger partial charge in [0.1, 0.15) is 5.00 Å². The van der Waals surface area contributed by atoms with E-state index in [-0.39, 0.29) is 0 Å². The molecule has 7 nitrogen and oxygen atoms in total. The molecular formula is C15H22N4O3S. The molecule has 126 valence electrons. The summed E-state index contributed by atoms with van der Waals surface area (Å²) in [7, 11) is 0. The van der Waals surface area contributed by atoms with Crippen LogP contribution in [0.4, 0.5) is 5.00 Å². The van der Waals surface area contributed by atoms with Crippen molar-refractivity contribution in [2.75, 3.05) is 51.3 Å². The number of nitrogens with two attached hydrogens (primary N) is 1. The fourth-order valence-electron chi connectivity index (χ4n) is 3.17. The van der Waals surface area contributed by atoms with Crippen LogP contribution in [0.2, 0.25) is 0 Å². The number of rotatable bonds is 6. The maximum Gasteiger partial charge on any atom is 0.251 e. The van der Waals surface area contributed by atoms with Gasteiger partial charge in [-0.05, 0) is 12.0 Å². The number of nitrogens with one attached hydrogen (secondary N) is 1. The van der Waals surface area contributed by atoms with Gasteiger partial charge in [-0.25, -0.2) is 0 Å². The number of amides is 2. The van der Waals surface area contributed by atoms with Gasteiger partial charge in [0, 0.05) is 44.1 Å². The molecule has 2 aliphatic heterocycles. The number of hydrogen-bond donors (Lipinski definition) is 2. The van der Waals surface area contributed by atoms with Crippen molar-refractivity contribution in [1.82, 2.24) is 9.80 Å². The largest absolute Gasteiger partial charge is 0.379 e. The van der Waals surface area contributed by atoms with E-state index < -0.39 is 5.91 Å². The van der Waals surface area contributed by atoms with E-state index in [1.165, 1.54) is 11.3 Å². The number of thiophene rings is 1. The van der Waals surface area contributed by atoms with Gasteiger partial charge in [-0.15, -0.1) is 11.3 Å². The second-order valence-corrected chi connectivity index (χ2v) is 6.92. The SMILES string of the molecule is NC(=O)c1c(NC=O)sc2c1CCN(CCN1CCOCC1)C2. The average molecular weight is 338 g/mol. The van der Waals surface area contributed by atoms with Crippen molar-refractivity contribution in [3.8, 4) is 0 Å². The third-order valence-corrected chi connectivity index (χ3v) is 5.56. The molecule has 2 amide bonds. The summed E-state index contributed by atoms with van der Waals surface area (Å²) in [5, 5.41) is 3.19. The zero-order valence-corrected chi connectivity index (χ0v) is 13.9. The first-order valence-corrected chi connectivity index (χ1v) is 8.67. The second-order valence-electron chi connectivity index (χ2n) is 5.81. The number of morpholine rings is 1. The molecule has 0 radical (unpaired) electrons. The number of ether oxygens (including phenoxy) is 1. The van der Waals surface area contributed by atoms with E-state index in [1.54, 1.807) is 0 Å². The van der Waals surface area contributed by atoms with Gasteiger partial charge in [-0.3, -0.25) is 19.4 Å². The first-order chi connectivity index (χ1) is 11.2. The molecule has 1 aromatic heterocycles. The minimum Gasteiger partial charge on any atom is -0.379 e.